The highest BCUT2D eigenvalue weighted by Crippen LogP contribution is 2.31. The number of nitrogens with one attached hydrogen (secondary N) is 1. The molecule has 0 radical (unpaired) electrons. The quantitative estimate of drug-likeness (QED) is 0.664. The maximum absolute atomic E-state index is 10.8. The third kappa shape index (κ3) is 3.51. The van der Waals surface area contributed by atoms with Crippen molar-refractivity contribution in [1.82, 2.24) is 0 Å². The van der Waals surface area contributed by atoms with Crippen molar-refractivity contribution < 1.29 is 9.66 Å². The number of ether oxygens (including phenoxy) is 1. The number of nitrogens with zero attached hydrogens (tertiary/aromatic N) is 1. The summed E-state index contributed by atoms with van der Waals surface area (Å²) in [4.78, 5) is 10.4. The molecule has 0 fully saturated rings. The number of aryl methyl sites for hydroxylation is 1. The van der Waals surface area contributed by atoms with Crippen LogP contribution in [0.1, 0.15) is 24.1 Å². The number of methoxy groups -OCH3 is 1. The Hall–Kier alpha value is -2.56. The van der Waals surface area contributed by atoms with Crippen LogP contribution >= 0.6 is 0 Å². The van der Waals surface area contributed by atoms with E-state index < -0.39 is 4.92 Å². The lowest BCUT2D eigenvalue weighted by molar-refractivity contribution is -0.384. The van der Waals surface area contributed by atoms with Gasteiger partial charge in [-0.1, -0.05) is 29.8 Å². The topological polar surface area (TPSA) is 64.4 Å². The normalized spacial score (nSPS) is 11.8. The van der Waals surface area contributed by atoms with Crippen LogP contribution in [0.3, 0.4) is 0 Å². The Labute approximate surface area is 123 Å². The van der Waals surface area contributed by atoms with Crippen molar-refractivity contribution in [3.05, 3.63) is 63.7 Å². The molecule has 0 saturated carbocycles. The molecule has 1 atom stereocenters. The SMILES string of the molecule is COc1cc([N+](=O)[O-])ccc1NC(C)c1cccc(C)c1. The van der Waals surface area contributed by atoms with Gasteiger partial charge < -0.3 is 10.1 Å². The van der Waals surface area contributed by atoms with Gasteiger partial charge in [-0.2, -0.15) is 0 Å². The summed E-state index contributed by atoms with van der Waals surface area (Å²) in [6, 6.07) is 12.8. The van der Waals surface area contributed by atoms with Gasteiger partial charge in [0.15, 0.2) is 0 Å². The molecule has 2 aromatic carbocycles. The molecule has 2 aromatic rings. The maximum atomic E-state index is 10.8. The number of nitro groups is 1. The lowest BCUT2D eigenvalue weighted by Gasteiger charge is -2.18. The summed E-state index contributed by atoms with van der Waals surface area (Å²) in [6.07, 6.45) is 0. The zero-order chi connectivity index (χ0) is 15.4. The van der Waals surface area contributed by atoms with E-state index in [1.807, 2.05) is 32.0 Å². The summed E-state index contributed by atoms with van der Waals surface area (Å²) < 4.78 is 5.23. The lowest BCUT2D eigenvalue weighted by Crippen LogP contribution is -2.08. The molecule has 0 spiro atoms. The van der Waals surface area contributed by atoms with E-state index in [0.29, 0.717) is 5.75 Å². The van der Waals surface area contributed by atoms with Gasteiger partial charge in [-0.05, 0) is 25.5 Å². The summed E-state index contributed by atoms with van der Waals surface area (Å²) in [5.41, 5.74) is 3.09. The van der Waals surface area contributed by atoms with Crippen LogP contribution in [-0.4, -0.2) is 12.0 Å². The van der Waals surface area contributed by atoms with E-state index in [4.69, 9.17) is 4.74 Å². The molecule has 0 heterocycles. The molecular formula is C16H18N2O3. The highest BCUT2D eigenvalue weighted by atomic mass is 16.6. The van der Waals surface area contributed by atoms with Gasteiger partial charge in [0.05, 0.1) is 23.8 Å². The minimum absolute atomic E-state index is 0.0145. The molecule has 0 aliphatic carbocycles. The molecule has 0 aromatic heterocycles. The number of hydrogen-bond donors (Lipinski definition) is 1. The van der Waals surface area contributed by atoms with Crippen LogP contribution in [-0.2, 0) is 0 Å². The minimum Gasteiger partial charge on any atom is -0.494 e. The van der Waals surface area contributed by atoms with Crippen molar-refractivity contribution >= 4 is 11.4 Å². The second kappa shape index (κ2) is 6.26. The van der Waals surface area contributed by atoms with Gasteiger partial charge in [-0.3, -0.25) is 10.1 Å². The Balaban J connectivity index is 2.24. The van der Waals surface area contributed by atoms with E-state index in [2.05, 4.69) is 11.4 Å². The number of non-ortho nitro benzene ring substituents is 1. The molecule has 110 valence electrons. The maximum Gasteiger partial charge on any atom is 0.273 e. The van der Waals surface area contributed by atoms with Crippen LogP contribution in [0.2, 0.25) is 0 Å². The number of nitro benzene ring substituents is 1. The standard InChI is InChI=1S/C16H18N2O3/c1-11-5-4-6-13(9-11)12(2)17-15-8-7-14(18(19)20)10-16(15)21-3/h4-10,12,17H,1-3H3. The van der Waals surface area contributed by atoms with Gasteiger partial charge in [0, 0.05) is 12.1 Å². The van der Waals surface area contributed by atoms with Crippen LogP contribution in [0.4, 0.5) is 11.4 Å². The molecule has 0 aliphatic rings. The van der Waals surface area contributed by atoms with E-state index in [-0.39, 0.29) is 11.7 Å². The van der Waals surface area contributed by atoms with Gasteiger partial charge in [0.1, 0.15) is 5.75 Å². The summed E-state index contributed by atoms with van der Waals surface area (Å²) in [6.45, 7) is 4.08. The van der Waals surface area contributed by atoms with Crippen LogP contribution in [0.5, 0.6) is 5.75 Å². The summed E-state index contributed by atoms with van der Waals surface area (Å²) in [5.74, 6) is 0.462. The Bertz CT molecular complexity index is 656. The molecule has 0 saturated heterocycles. The fourth-order valence-electron chi connectivity index (χ4n) is 2.17. The van der Waals surface area contributed by atoms with E-state index in [0.717, 1.165) is 11.3 Å². The Morgan fingerprint density at radius 1 is 1.24 bits per heavy atom. The van der Waals surface area contributed by atoms with E-state index in [9.17, 15) is 10.1 Å². The van der Waals surface area contributed by atoms with Gasteiger partial charge in [-0.15, -0.1) is 0 Å². The molecule has 0 amide bonds. The first kappa shape index (κ1) is 14.8. The van der Waals surface area contributed by atoms with Crippen molar-refractivity contribution in [3.63, 3.8) is 0 Å². The Kier molecular flexibility index (Phi) is 4.42. The molecule has 21 heavy (non-hydrogen) atoms. The molecule has 5 heteroatoms. The summed E-state index contributed by atoms with van der Waals surface area (Å²) in [7, 11) is 1.50. The van der Waals surface area contributed by atoms with Crippen molar-refractivity contribution in [2.24, 2.45) is 0 Å². The molecule has 2 rings (SSSR count). The van der Waals surface area contributed by atoms with Crippen molar-refractivity contribution in [2.45, 2.75) is 19.9 Å². The predicted molar refractivity (Wildman–Crippen MR) is 82.9 cm³/mol. The predicted octanol–water partition coefficient (Wildman–Crippen LogP) is 4.08. The monoisotopic (exact) mass is 286 g/mol. The van der Waals surface area contributed by atoms with Crippen molar-refractivity contribution in [3.8, 4) is 5.75 Å². The lowest BCUT2D eigenvalue weighted by atomic mass is 10.1. The molecular weight excluding hydrogens is 268 g/mol. The van der Waals surface area contributed by atoms with Gasteiger partial charge in [0.2, 0.25) is 0 Å². The summed E-state index contributed by atoms with van der Waals surface area (Å²) >= 11 is 0. The molecule has 0 bridgehead atoms. The number of benzene rings is 2. The highest BCUT2D eigenvalue weighted by Gasteiger charge is 2.13. The number of anilines is 1. The second-order valence-electron chi connectivity index (χ2n) is 4.92. The van der Waals surface area contributed by atoms with Crippen molar-refractivity contribution in [1.29, 1.82) is 0 Å². The molecule has 0 aliphatic heterocycles. The van der Waals surface area contributed by atoms with E-state index in [1.54, 1.807) is 6.07 Å². The zero-order valence-electron chi connectivity index (χ0n) is 12.3. The third-order valence-corrected chi connectivity index (χ3v) is 3.31. The second-order valence-corrected chi connectivity index (χ2v) is 4.92. The first-order valence-electron chi connectivity index (χ1n) is 6.67. The van der Waals surface area contributed by atoms with Crippen LogP contribution in [0.15, 0.2) is 42.5 Å². The van der Waals surface area contributed by atoms with Crippen LogP contribution < -0.4 is 10.1 Å². The highest BCUT2D eigenvalue weighted by molar-refractivity contribution is 5.61. The average molecular weight is 286 g/mol. The van der Waals surface area contributed by atoms with Gasteiger partial charge in [0.25, 0.3) is 5.69 Å². The third-order valence-electron chi connectivity index (χ3n) is 3.31. The van der Waals surface area contributed by atoms with Crippen LogP contribution in [0, 0.1) is 17.0 Å². The van der Waals surface area contributed by atoms with Gasteiger partial charge in [-0.25, -0.2) is 0 Å². The minimum atomic E-state index is -0.434. The first-order chi connectivity index (χ1) is 10.0. The van der Waals surface area contributed by atoms with Crippen molar-refractivity contribution in [2.75, 3.05) is 12.4 Å². The molecule has 5 nitrogen and oxygen atoms in total. The molecule has 1 unspecified atom stereocenters. The van der Waals surface area contributed by atoms with E-state index >= 15 is 0 Å². The Morgan fingerprint density at radius 2 is 2.00 bits per heavy atom. The fraction of sp³-hybridized carbons (Fsp3) is 0.250. The van der Waals surface area contributed by atoms with Gasteiger partial charge >= 0.3 is 0 Å². The average Bonchev–Trinajstić information content (AvgIpc) is 2.47. The molecule has 1 N–H and O–H groups in total. The number of hydrogen-bond acceptors (Lipinski definition) is 4. The Morgan fingerprint density at radius 3 is 2.62 bits per heavy atom. The zero-order valence-corrected chi connectivity index (χ0v) is 12.3. The van der Waals surface area contributed by atoms with E-state index in [1.165, 1.54) is 24.8 Å². The summed E-state index contributed by atoms with van der Waals surface area (Å²) in [5, 5.41) is 14.1. The first-order valence-corrected chi connectivity index (χ1v) is 6.67. The largest absolute Gasteiger partial charge is 0.494 e. The fourth-order valence-corrected chi connectivity index (χ4v) is 2.17. The van der Waals surface area contributed by atoms with Crippen LogP contribution in [0.25, 0.3) is 0 Å². The number of rotatable bonds is 5. The smallest absolute Gasteiger partial charge is 0.273 e.